The molecule has 0 saturated carbocycles. The van der Waals surface area contributed by atoms with E-state index >= 15 is 0 Å². The Morgan fingerprint density at radius 2 is 2.00 bits per heavy atom. The molecule has 0 fully saturated rings. The van der Waals surface area contributed by atoms with Crippen LogP contribution < -0.4 is 5.32 Å². The monoisotopic (exact) mass is 353 g/mol. The number of halogens is 2. The SMILES string of the molecule is CS(=O)c1nc2c(c(Nc3ccc(Cl)cc3F)n1)CCCCC2. The topological polar surface area (TPSA) is 54.9 Å². The van der Waals surface area contributed by atoms with Gasteiger partial charge in [-0.3, -0.25) is 4.21 Å². The molecule has 0 spiro atoms. The molecule has 1 N–H and O–H groups in total. The summed E-state index contributed by atoms with van der Waals surface area (Å²) < 4.78 is 25.9. The largest absolute Gasteiger partial charge is 0.337 e. The Hall–Kier alpha value is -1.53. The number of nitrogens with one attached hydrogen (secondary N) is 1. The second kappa shape index (κ2) is 6.93. The van der Waals surface area contributed by atoms with Gasteiger partial charge in [-0.2, -0.15) is 0 Å². The van der Waals surface area contributed by atoms with Crippen molar-refractivity contribution in [2.24, 2.45) is 0 Å². The smallest absolute Gasteiger partial charge is 0.220 e. The highest BCUT2D eigenvalue weighted by Gasteiger charge is 2.19. The molecule has 2 aromatic rings. The number of hydrogen-bond donors (Lipinski definition) is 1. The van der Waals surface area contributed by atoms with Crippen LogP contribution in [0.5, 0.6) is 0 Å². The third kappa shape index (κ3) is 3.70. The average molecular weight is 354 g/mol. The molecule has 1 heterocycles. The molecule has 0 amide bonds. The Morgan fingerprint density at radius 1 is 1.22 bits per heavy atom. The zero-order chi connectivity index (χ0) is 16.4. The van der Waals surface area contributed by atoms with E-state index in [4.69, 9.17) is 11.6 Å². The van der Waals surface area contributed by atoms with Crippen LogP contribution in [0.3, 0.4) is 0 Å². The molecule has 1 aromatic heterocycles. The summed E-state index contributed by atoms with van der Waals surface area (Å²) in [4.78, 5) is 8.81. The fourth-order valence-corrected chi connectivity index (χ4v) is 3.32. The van der Waals surface area contributed by atoms with Gasteiger partial charge < -0.3 is 5.32 Å². The first-order chi connectivity index (χ1) is 11.0. The molecule has 7 heteroatoms. The number of anilines is 2. The lowest BCUT2D eigenvalue weighted by Gasteiger charge is -2.14. The Kier molecular flexibility index (Phi) is 4.92. The first-order valence-corrected chi connectivity index (χ1v) is 9.43. The minimum atomic E-state index is -1.29. The standard InChI is InChI=1S/C16H17ClFN3OS/c1-23(22)16-20-13-6-4-2-3-5-11(13)15(21-16)19-14-8-7-10(17)9-12(14)18/h7-9H,2-6H2,1H3,(H,19,20,21). The predicted molar refractivity (Wildman–Crippen MR) is 90.3 cm³/mol. The van der Waals surface area contributed by atoms with Crippen molar-refractivity contribution in [2.45, 2.75) is 37.3 Å². The Bertz CT molecular complexity index is 769. The fourth-order valence-electron chi connectivity index (χ4n) is 2.70. The molecule has 1 atom stereocenters. The number of fused-ring (bicyclic) bond motifs is 1. The van der Waals surface area contributed by atoms with Crippen LogP contribution in [-0.4, -0.2) is 20.4 Å². The molecule has 0 aliphatic heterocycles. The minimum absolute atomic E-state index is 0.280. The summed E-state index contributed by atoms with van der Waals surface area (Å²) in [7, 11) is -1.29. The van der Waals surface area contributed by atoms with Gasteiger partial charge in [0.25, 0.3) is 0 Å². The van der Waals surface area contributed by atoms with Gasteiger partial charge in [0, 0.05) is 16.8 Å². The van der Waals surface area contributed by atoms with E-state index < -0.39 is 16.6 Å². The van der Waals surface area contributed by atoms with E-state index in [9.17, 15) is 8.60 Å². The summed E-state index contributed by atoms with van der Waals surface area (Å²) in [5, 5.41) is 3.65. The summed E-state index contributed by atoms with van der Waals surface area (Å²) in [5.74, 6) is 0.0981. The third-order valence-corrected chi connectivity index (χ3v) is 4.79. The molecule has 23 heavy (non-hydrogen) atoms. The molecule has 1 aromatic carbocycles. The van der Waals surface area contributed by atoms with Gasteiger partial charge in [0.2, 0.25) is 5.16 Å². The Morgan fingerprint density at radius 3 is 2.74 bits per heavy atom. The van der Waals surface area contributed by atoms with Crippen molar-refractivity contribution in [2.75, 3.05) is 11.6 Å². The van der Waals surface area contributed by atoms with Crippen molar-refractivity contribution in [1.29, 1.82) is 0 Å². The fraction of sp³-hybridized carbons (Fsp3) is 0.375. The van der Waals surface area contributed by atoms with E-state index in [2.05, 4.69) is 15.3 Å². The second-order valence-electron chi connectivity index (χ2n) is 5.54. The van der Waals surface area contributed by atoms with Gasteiger partial charge in [0.05, 0.1) is 22.2 Å². The van der Waals surface area contributed by atoms with E-state index in [1.54, 1.807) is 18.4 Å². The number of rotatable bonds is 3. The van der Waals surface area contributed by atoms with E-state index in [-0.39, 0.29) is 5.16 Å². The second-order valence-corrected chi connectivity index (χ2v) is 7.25. The maximum atomic E-state index is 14.1. The van der Waals surface area contributed by atoms with Gasteiger partial charge in [0.1, 0.15) is 11.6 Å². The first-order valence-electron chi connectivity index (χ1n) is 7.50. The maximum Gasteiger partial charge on any atom is 0.220 e. The normalized spacial score (nSPS) is 15.6. The van der Waals surface area contributed by atoms with Crippen LogP contribution in [0.1, 0.15) is 30.5 Å². The number of hydrogen-bond acceptors (Lipinski definition) is 4. The molecule has 1 unspecified atom stereocenters. The molecule has 1 aliphatic carbocycles. The lowest BCUT2D eigenvalue weighted by atomic mass is 10.1. The highest BCUT2D eigenvalue weighted by Crippen LogP contribution is 2.29. The zero-order valence-electron chi connectivity index (χ0n) is 12.7. The van der Waals surface area contributed by atoms with Gasteiger partial charge in [0.15, 0.2) is 0 Å². The van der Waals surface area contributed by atoms with E-state index in [0.29, 0.717) is 16.5 Å². The van der Waals surface area contributed by atoms with Crippen molar-refractivity contribution in [3.8, 4) is 0 Å². The van der Waals surface area contributed by atoms with Crippen LogP contribution in [0.4, 0.5) is 15.9 Å². The van der Waals surface area contributed by atoms with Crippen molar-refractivity contribution in [3.63, 3.8) is 0 Å². The molecular formula is C16H17ClFN3OS. The maximum absolute atomic E-state index is 14.1. The van der Waals surface area contributed by atoms with Crippen LogP contribution >= 0.6 is 11.6 Å². The van der Waals surface area contributed by atoms with Gasteiger partial charge in [-0.1, -0.05) is 18.0 Å². The first kappa shape index (κ1) is 16.3. The molecule has 0 saturated heterocycles. The third-order valence-electron chi connectivity index (χ3n) is 3.85. The highest BCUT2D eigenvalue weighted by atomic mass is 35.5. The number of aryl methyl sites for hydroxylation is 1. The van der Waals surface area contributed by atoms with Gasteiger partial charge in [-0.05, 0) is 43.9 Å². The lowest BCUT2D eigenvalue weighted by Crippen LogP contribution is -2.10. The molecule has 122 valence electrons. The molecule has 0 radical (unpaired) electrons. The summed E-state index contributed by atoms with van der Waals surface area (Å²) >= 11 is 5.79. The number of aromatic nitrogens is 2. The highest BCUT2D eigenvalue weighted by molar-refractivity contribution is 7.84. The zero-order valence-corrected chi connectivity index (χ0v) is 14.3. The lowest BCUT2D eigenvalue weighted by molar-refractivity contribution is 0.631. The van der Waals surface area contributed by atoms with Crippen LogP contribution in [0.15, 0.2) is 23.4 Å². The summed E-state index contributed by atoms with van der Waals surface area (Å²) in [6.45, 7) is 0. The minimum Gasteiger partial charge on any atom is -0.337 e. The number of benzene rings is 1. The molecule has 1 aliphatic rings. The predicted octanol–water partition coefficient (Wildman–Crippen LogP) is 4.02. The summed E-state index contributed by atoms with van der Waals surface area (Å²) in [6, 6.07) is 4.44. The van der Waals surface area contributed by atoms with Gasteiger partial charge >= 0.3 is 0 Å². The van der Waals surface area contributed by atoms with E-state index in [1.165, 1.54) is 6.07 Å². The summed E-state index contributed by atoms with van der Waals surface area (Å²) in [6.07, 6.45) is 6.43. The van der Waals surface area contributed by atoms with E-state index in [0.717, 1.165) is 43.4 Å². The molecular weight excluding hydrogens is 337 g/mol. The van der Waals surface area contributed by atoms with Gasteiger partial charge in [-0.15, -0.1) is 0 Å². The van der Waals surface area contributed by atoms with Crippen molar-refractivity contribution in [3.05, 3.63) is 40.3 Å². The van der Waals surface area contributed by atoms with Crippen LogP contribution in [0.2, 0.25) is 5.02 Å². The molecule has 0 bridgehead atoms. The Labute approximate surface area is 142 Å². The summed E-state index contributed by atoms with van der Waals surface area (Å²) in [5.41, 5.74) is 2.21. The quantitative estimate of drug-likeness (QED) is 0.669. The molecule has 3 rings (SSSR count). The average Bonchev–Trinajstić information content (AvgIpc) is 2.75. The molecule has 4 nitrogen and oxygen atoms in total. The Balaban J connectivity index is 2.05. The van der Waals surface area contributed by atoms with Crippen molar-refractivity contribution in [1.82, 2.24) is 9.97 Å². The number of nitrogens with zero attached hydrogens (tertiary/aromatic N) is 2. The van der Waals surface area contributed by atoms with Crippen LogP contribution in [-0.2, 0) is 23.6 Å². The van der Waals surface area contributed by atoms with Crippen molar-refractivity contribution < 1.29 is 8.60 Å². The van der Waals surface area contributed by atoms with Crippen molar-refractivity contribution >= 4 is 33.9 Å². The van der Waals surface area contributed by atoms with Crippen LogP contribution in [0.25, 0.3) is 0 Å². The van der Waals surface area contributed by atoms with Gasteiger partial charge in [-0.25, -0.2) is 14.4 Å². The van der Waals surface area contributed by atoms with Crippen LogP contribution in [0, 0.1) is 5.82 Å². The van der Waals surface area contributed by atoms with E-state index in [1.807, 2.05) is 0 Å².